The summed E-state index contributed by atoms with van der Waals surface area (Å²) >= 11 is 0. The standard InChI is InChI=1S/C14H20N2O5/c1-2-4-11-5-3-8-15(11)9-10-20-14(17)12-6-7-13(21-12)16(18)19/h6-7,11H,2-5,8-10H2,1H3. The van der Waals surface area contributed by atoms with Gasteiger partial charge in [-0.15, -0.1) is 0 Å². The van der Waals surface area contributed by atoms with Gasteiger partial charge in [-0.2, -0.15) is 0 Å². The highest BCUT2D eigenvalue weighted by Gasteiger charge is 2.24. The van der Waals surface area contributed by atoms with E-state index in [1.165, 1.54) is 25.3 Å². The number of likely N-dealkylation sites (tertiary alicyclic amines) is 1. The molecule has 7 heteroatoms. The largest absolute Gasteiger partial charge is 0.458 e. The van der Waals surface area contributed by atoms with E-state index in [9.17, 15) is 14.9 Å². The van der Waals surface area contributed by atoms with Crippen LogP contribution in [-0.4, -0.2) is 41.5 Å². The summed E-state index contributed by atoms with van der Waals surface area (Å²) in [5.74, 6) is -1.24. The Labute approximate surface area is 123 Å². The van der Waals surface area contributed by atoms with Gasteiger partial charge in [-0.25, -0.2) is 4.79 Å². The zero-order valence-corrected chi connectivity index (χ0v) is 12.1. The summed E-state index contributed by atoms with van der Waals surface area (Å²) in [6, 6.07) is 2.99. The number of carbonyl (C=O) groups is 1. The summed E-state index contributed by atoms with van der Waals surface area (Å²) in [6.45, 7) is 4.17. The van der Waals surface area contributed by atoms with Crippen molar-refractivity contribution in [2.45, 2.75) is 38.6 Å². The third kappa shape index (κ3) is 4.04. The van der Waals surface area contributed by atoms with Crippen LogP contribution in [0.15, 0.2) is 16.5 Å². The first-order valence-electron chi connectivity index (χ1n) is 7.27. The van der Waals surface area contributed by atoms with E-state index < -0.39 is 16.8 Å². The van der Waals surface area contributed by atoms with Gasteiger partial charge in [0.05, 0.1) is 6.07 Å². The molecule has 2 heterocycles. The molecule has 0 saturated carbocycles. The van der Waals surface area contributed by atoms with E-state index in [4.69, 9.17) is 9.15 Å². The Kier molecular flexibility index (Phi) is 5.32. The fraction of sp³-hybridized carbons (Fsp3) is 0.643. The topological polar surface area (TPSA) is 85.8 Å². The second-order valence-corrected chi connectivity index (χ2v) is 5.15. The molecule has 0 amide bonds. The molecule has 0 N–H and O–H groups in total. The Balaban J connectivity index is 1.77. The molecule has 21 heavy (non-hydrogen) atoms. The molecule has 0 aromatic carbocycles. The highest BCUT2D eigenvalue weighted by atomic mass is 16.7. The number of nitrogens with zero attached hydrogens (tertiary/aromatic N) is 2. The van der Waals surface area contributed by atoms with Crippen LogP contribution in [0.4, 0.5) is 5.88 Å². The summed E-state index contributed by atoms with van der Waals surface area (Å²) in [5, 5.41) is 10.5. The van der Waals surface area contributed by atoms with E-state index in [2.05, 4.69) is 11.8 Å². The van der Waals surface area contributed by atoms with Crippen LogP contribution >= 0.6 is 0 Å². The third-order valence-electron chi connectivity index (χ3n) is 3.71. The zero-order chi connectivity index (χ0) is 15.2. The number of hydrogen-bond donors (Lipinski definition) is 0. The Morgan fingerprint density at radius 1 is 1.57 bits per heavy atom. The van der Waals surface area contributed by atoms with E-state index in [0.717, 1.165) is 19.0 Å². The maximum atomic E-state index is 11.7. The van der Waals surface area contributed by atoms with Crippen molar-refractivity contribution in [3.8, 4) is 0 Å². The second kappa shape index (κ2) is 7.21. The maximum Gasteiger partial charge on any atom is 0.433 e. The normalized spacial score (nSPS) is 18.8. The number of nitro groups is 1. The number of rotatable bonds is 7. The van der Waals surface area contributed by atoms with Gasteiger partial charge >= 0.3 is 11.9 Å². The lowest BCUT2D eigenvalue weighted by atomic mass is 10.1. The van der Waals surface area contributed by atoms with Crippen LogP contribution in [0, 0.1) is 10.1 Å². The summed E-state index contributed by atoms with van der Waals surface area (Å²) in [4.78, 5) is 23.8. The molecule has 1 fully saturated rings. The fourth-order valence-corrected chi connectivity index (χ4v) is 2.71. The van der Waals surface area contributed by atoms with Gasteiger partial charge in [0.15, 0.2) is 0 Å². The first kappa shape index (κ1) is 15.5. The number of furan rings is 1. The molecule has 1 aromatic heterocycles. The molecule has 1 unspecified atom stereocenters. The minimum atomic E-state index is -0.684. The number of carbonyl (C=O) groups excluding carboxylic acids is 1. The summed E-state index contributed by atoms with van der Waals surface area (Å²) in [5.41, 5.74) is 0. The predicted molar refractivity (Wildman–Crippen MR) is 75.1 cm³/mol. The average Bonchev–Trinajstić information content (AvgIpc) is 3.08. The molecular formula is C14H20N2O5. The molecule has 116 valence electrons. The molecule has 1 aromatic rings. The molecule has 0 spiro atoms. The first-order chi connectivity index (χ1) is 10.1. The lowest BCUT2D eigenvalue weighted by Crippen LogP contribution is -2.32. The van der Waals surface area contributed by atoms with E-state index in [-0.39, 0.29) is 12.4 Å². The Morgan fingerprint density at radius 3 is 3.05 bits per heavy atom. The van der Waals surface area contributed by atoms with E-state index >= 15 is 0 Å². The lowest BCUT2D eigenvalue weighted by Gasteiger charge is -2.23. The van der Waals surface area contributed by atoms with Crippen molar-refractivity contribution in [2.24, 2.45) is 0 Å². The molecule has 0 radical (unpaired) electrons. The Bertz CT molecular complexity index is 499. The minimum absolute atomic E-state index is 0.131. The van der Waals surface area contributed by atoms with E-state index in [1.54, 1.807) is 0 Å². The lowest BCUT2D eigenvalue weighted by molar-refractivity contribution is -0.402. The Hall–Kier alpha value is -1.89. The van der Waals surface area contributed by atoms with Gasteiger partial charge < -0.3 is 9.15 Å². The predicted octanol–water partition coefficient (Wildman–Crippen LogP) is 2.61. The third-order valence-corrected chi connectivity index (χ3v) is 3.71. The van der Waals surface area contributed by atoms with Crippen molar-refractivity contribution in [3.63, 3.8) is 0 Å². The molecule has 7 nitrogen and oxygen atoms in total. The number of ether oxygens (including phenoxy) is 1. The van der Waals surface area contributed by atoms with Gasteiger partial charge in [-0.05, 0) is 31.9 Å². The van der Waals surface area contributed by atoms with Crippen LogP contribution in [0.1, 0.15) is 43.2 Å². The molecule has 0 aliphatic carbocycles. The van der Waals surface area contributed by atoms with Gasteiger partial charge in [-0.3, -0.25) is 15.0 Å². The monoisotopic (exact) mass is 296 g/mol. The second-order valence-electron chi connectivity index (χ2n) is 5.15. The Morgan fingerprint density at radius 2 is 2.38 bits per heavy atom. The fourth-order valence-electron chi connectivity index (χ4n) is 2.71. The molecule has 1 saturated heterocycles. The molecule has 2 rings (SSSR count). The molecule has 1 aliphatic rings. The van der Waals surface area contributed by atoms with Crippen molar-refractivity contribution in [1.29, 1.82) is 0 Å². The zero-order valence-electron chi connectivity index (χ0n) is 12.1. The SMILES string of the molecule is CCCC1CCCN1CCOC(=O)c1ccc([N+](=O)[O-])o1. The summed E-state index contributed by atoms with van der Waals surface area (Å²) in [7, 11) is 0. The minimum Gasteiger partial charge on any atom is -0.458 e. The van der Waals surface area contributed by atoms with Gasteiger partial charge in [0.1, 0.15) is 11.5 Å². The van der Waals surface area contributed by atoms with Gasteiger partial charge in [-0.1, -0.05) is 13.3 Å². The first-order valence-corrected chi connectivity index (χ1v) is 7.27. The number of esters is 1. The highest BCUT2D eigenvalue weighted by Crippen LogP contribution is 2.21. The summed E-state index contributed by atoms with van der Waals surface area (Å²) < 4.78 is 9.91. The maximum absolute atomic E-state index is 11.7. The summed E-state index contributed by atoms with van der Waals surface area (Å²) in [6.07, 6.45) is 4.70. The van der Waals surface area contributed by atoms with E-state index in [0.29, 0.717) is 12.6 Å². The molecule has 1 aliphatic heterocycles. The van der Waals surface area contributed by atoms with E-state index in [1.807, 2.05) is 0 Å². The number of hydrogen-bond acceptors (Lipinski definition) is 6. The van der Waals surface area contributed by atoms with Crippen molar-refractivity contribution in [2.75, 3.05) is 19.7 Å². The van der Waals surface area contributed by atoms with Crippen LogP contribution in [0.3, 0.4) is 0 Å². The molecule has 0 bridgehead atoms. The van der Waals surface area contributed by atoms with Crippen LogP contribution in [0.25, 0.3) is 0 Å². The van der Waals surface area contributed by atoms with Crippen molar-refractivity contribution < 1.29 is 18.9 Å². The van der Waals surface area contributed by atoms with Crippen molar-refractivity contribution >= 4 is 11.9 Å². The van der Waals surface area contributed by atoms with Gasteiger partial charge in [0, 0.05) is 12.6 Å². The van der Waals surface area contributed by atoms with Gasteiger partial charge in [0.2, 0.25) is 5.76 Å². The molecular weight excluding hydrogens is 276 g/mol. The smallest absolute Gasteiger partial charge is 0.433 e. The van der Waals surface area contributed by atoms with Crippen molar-refractivity contribution in [3.05, 3.63) is 28.0 Å². The quantitative estimate of drug-likeness (QED) is 0.437. The average molecular weight is 296 g/mol. The van der Waals surface area contributed by atoms with Crippen LogP contribution in [0.5, 0.6) is 0 Å². The van der Waals surface area contributed by atoms with Gasteiger partial charge in [0.25, 0.3) is 0 Å². The van der Waals surface area contributed by atoms with Crippen LogP contribution in [-0.2, 0) is 4.74 Å². The van der Waals surface area contributed by atoms with Crippen LogP contribution < -0.4 is 0 Å². The molecule has 1 atom stereocenters. The van der Waals surface area contributed by atoms with Crippen molar-refractivity contribution in [1.82, 2.24) is 4.90 Å². The highest BCUT2D eigenvalue weighted by molar-refractivity contribution is 5.86. The van der Waals surface area contributed by atoms with Crippen LogP contribution in [0.2, 0.25) is 0 Å².